The van der Waals surface area contributed by atoms with Crippen LogP contribution < -0.4 is 20.1 Å². The summed E-state index contributed by atoms with van der Waals surface area (Å²) in [6.07, 6.45) is 3.69. The zero-order chi connectivity index (χ0) is 25.4. The standard InChI is InChI=1S/C26H24BrClN6O3/c27-19-13-30-34-24(11-21(32-25(19)34)18-5-1-2-6-20(18)28)29-12-16-4-3-9-33(14-16)26(35)31-17-7-8-22-23(10-17)37-15-36-22/h1-2,5-8,10-11,13,16,29H,3-4,9,12,14-15H2,(H,31,35). The maximum absolute atomic E-state index is 13.0. The molecular formula is C26H24BrClN6O3. The van der Waals surface area contributed by atoms with Crippen molar-refractivity contribution in [1.82, 2.24) is 19.5 Å². The van der Waals surface area contributed by atoms with Gasteiger partial charge in [-0.3, -0.25) is 0 Å². The van der Waals surface area contributed by atoms with E-state index < -0.39 is 0 Å². The van der Waals surface area contributed by atoms with Gasteiger partial charge in [0.15, 0.2) is 17.1 Å². The first kappa shape index (κ1) is 23.9. The number of nitrogens with one attached hydrogen (secondary N) is 2. The Morgan fingerprint density at radius 3 is 2.92 bits per heavy atom. The highest BCUT2D eigenvalue weighted by Gasteiger charge is 2.25. The second-order valence-corrected chi connectivity index (χ2v) is 10.3. The van der Waals surface area contributed by atoms with Crippen LogP contribution >= 0.6 is 27.5 Å². The molecule has 1 unspecified atom stereocenters. The Morgan fingerprint density at radius 2 is 2.03 bits per heavy atom. The fraction of sp³-hybridized carbons (Fsp3) is 0.269. The molecule has 0 saturated carbocycles. The zero-order valence-corrected chi connectivity index (χ0v) is 22.1. The van der Waals surface area contributed by atoms with Gasteiger partial charge in [-0.2, -0.15) is 9.61 Å². The van der Waals surface area contributed by atoms with Crippen LogP contribution in [0, 0.1) is 5.92 Å². The van der Waals surface area contributed by atoms with Crippen LogP contribution in [-0.4, -0.2) is 52.0 Å². The van der Waals surface area contributed by atoms with Gasteiger partial charge >= 0.3 is 6.03 Å². The number of aromatic nitrogens is 3. The van der Waals surface area contributed by atoms with Crippen LogP contribution in [0.5, 0.6) is 11.5 Å². The van der Waals surface area contributed by atoms with E-state index in [0.717, 1.165) is 40.9 Å². The first-order chi connectivity index (χ1) is 18.0. The number of urea groups is 1. The molecule has 11 heteroatoms. The van der Waals surface area contributed by atoms with Gasteiger partial charge in [0.2, 0.25) is 6.79 Å². The summed E-state index contributed by atoms with van der Waals surface area (Å²) in [6, 6.07) is 14.9. The Kier molecular flexibility index (Phi) is 6.52. The van der Waals surface area contributed by atoms with E-state index in [2.05, 4.69) is 31.7 Å². The van der Waals surface area contributed by atoms with Crippen LogP contribution in [0.1, 0.15) is 12.8 Å². The number of carbonyl (C=O) groups is 1. The SMILES string of the molecule is O=C(Nc1ccc2c(c1)OCO2)N1CCCC(CNc2cc(-c3ccccc3Cl)nc3c(Br)cnn23)C1. The molecule has 6 rings (SSSR count). The average molecular weight is 584 g/mol. The van der Waals surface area contributed by atoms with Gasteiger partial charge < -0.3 is 25.0 Å². The molecule has 0 aliphatic carbocycles. The number of hydrogen-bond donors (Lipinski definition) is 2. The first-order valence-corrected chi connectivity index (χ1v) is 13.2. The summed E-state index contributed by atoms with van der Waals surface area (Å²) in [5.74, 6) is 2.42. The zero-order valence-electron chi connectivity index (χ0n) is 19.8. The predicted molar refractivity (Wildman–Crippen MR) is 146 cm³/mol. The molecule has 1 fully saturated rings. The number of piperidine rings is 1. The summed E-state index contributed by atoms with van der Waals surface area (Å²) < 4.78 is 13.3. The Morgan fingerprint density at radius 1 is 1.16 bits per heavy atom. The van der Waals surface area contributed by atoms with Crippen LogP contribution in [0.3, 0.4) is 0 Å². The molecular weight excluding hydrogens is 560 g/mol. The molecule has 1 atom stereocenters. The lowest BCUT2D eigenvalue weighted by Gasteiger charge is -2.33. The Hall–Kier alpha value is -3.50. The Labute approximate surface area is 226 Å². The number of nitrogens with zero attached hydrogens (tertiary/aromatic N) is 4. The molecule has 37 heavy (non-hydrogen) atoms. The minimum absolute atomic E-state index is 0.119. The summed E-state index contributed by atoms with van der Waals surface area (Å²) in [5, 5.41) is 11.6. The fourth-order valence-corrected chi connectivity index (χ4v) is 5.29. The van der Waals surface area contributed by atoms with Crippen molar-refractivity contribution in [3.8, 4) is 22.8 Å². The molecule has 0 spiro atoms. The van der Waals surface area contributed by atoms with E-state index in [4.69, 9.17) is 26.1 Å². The number of anilines is 2. The molecule has 4 aromatic rings. The van der Waals surface area contributed by atoms with Crippen molar-refractivity contribution in [3.05, 3.63) is 64.2 Å². The van der Waals surface area contributed by atoms with Crippen LogP contribution in [0.4, 0.5) is 16.3 Å². The van der Waals surface area contributed by atoms with E-state index in [9.17, 15) is 4.79 Å². The third-order valence-electron chi connectivity index (χ3n) is 6.58. The largest absolute Gasteiger partial charge is 0.454 e. The maximum Gasteiger partial charge on any atom is 0.321 e. The number of fused-ring (bicyclic) bond motifs is 2. The molecule has 190 valence electrons. The quantitative estimate of drug-likeness (QED) is 0.304. The summed E-state index contributed by atoms with van der Waals surface area (Å²) >= 11 is 10.0. The van der Waals surface area contributed by atoms with Crippen molar-refractivity contribution in [2.75, 3.05) is 37.1 Å². The molecule has 9 nitrogen and oxygen atoms in total. The highest BCUT2D eigenvalue weighted by Crippen LogP contribution is 2.34. The Bertz CT molecular complexity index is 1480. The molecule has 2 N–H and O–H groups in total. The van der Waals surface area contributed by atoms with Crippen LogP contribution in [0.15, 0.2) is 59.2 Å². The van der Waals surface area contributed by atoms with Crippen molar-refractivity contribution >= 4 is 50.7 Å². The third-order valence-corrected chi connectivity index (χ3v) is 7.47. The third kappa shape index (κ3) is 4.91. The van der Waals surface area contributed by atoms with Gasteiger partial charge in [0.05, 0.1) is 16.4 Å². The molecule has 2 aromatic heterocycles. The van der Waals surface area contributed by atoms with Gasteiger partial charge in [0.1, 0.15) is 5.82 Å². The number of amides is 2. The van der Waals surface area contributed by atoms with Crippen molar-refractivity contribution in [2.45, 2.75) is 12.8 Å². The molecule has 2 amide bonds. The highest BCUT2D eigenvalue weighted by molar-refractivity contribution is 9.10. The summed E-state index contributed by atoms with van der Waals surface area (Å²) in [6.45, 7) is 2.26. The summed E-state index contributed by atoms with van der Waals surface area (Å²) in [5.41, 5.74) is 3.00. The van der Waals surface area contributed by atoms with E-state index in [0.29, 0.717) is 40.9 Å². The maximum atomic E-state index is 13.0. The van der Waals surface area contributed by atoms with Gasteiger partial charge in [-0.25, -0.2) is 9.78 Å². The summed E-state index contributed by atoms with van der Waals surface area (Å²) in [4.78, 5) is 19.6. The van der Waals surface area contributed by atoms with Gasteiger partial charge in [-0.05, 0) is 52.9 Å². The van der Waals surface area contributed by atoms with Crippen LogP contribution in [0.2, 0.25) is 5.02 Å². The fourth-order valence-electron chi connectivity index (χ4n) is 4.71. The number of rotatable bonds is 5. The molecule has 2 aliphatic heterocycles. The van der Waals surface area contributed by atoms with E-state index in [1.165, 1.54) is 0 Å². The number of hydrogen-bond acceptors (Lipinski definition) is 6. The molecule has 0 bridgehead atoms. The average Bonchev–Trinajstić information content (AvgIpc) is 3.54. The minimum atomic E-state index is -0.119. The molecule has 0 radical (unpaired) electrons. The van der Waals surface area contributed by atoms with Gasteiger partial charge in [-0.1, -0.05) is 29.8 Å². The summed E-state index contributed by atoms with van der Waals surface area (Å²) in [7, 11) is 0. The highest BCUT2D eigenvalue weighted by atomic mass is 79.9. The first-order valence-electron chi connectivity index (χ1n) is 12.0. The second kappa shape index (κ2) is 10.1. The van der Waals surface area contributed by atoms with Crippen molar-refractivity contribution in [3.63, 3.8) is 0 Å². The normalized spacial score (nSPS) is 16.7. The molecule has 4 heterocycles. The lowest BCUT2D eigenvalue weighted by Crippen LogP contribution is -2.44. The van der Waals surface area contributed by atoms with Gasteiger partial charge in [-0.15, -0.1) is 0 Å². The number of benzene rings is 2. The molecule has 2 aliphatic rings. The monoisotopic (exact) mass is 582 g/mol. The van der Waals surface area contributed by atoms with Gasteiger partial charge in [0, 0.05) is 48.0 Å². The van der Waals surface area contributed by atoms with Gasteiger partial charge in [0.25, 0.3) is 0 Å². The number of ether oxygens (including phenoxy) is 2. The number of halogens is 2. The minimum Gasteiger partial charge on any atom is -0.454 e. The van der Waals surface area contributed by atoms with E-state index in [-0.39, 0.29) is 18.7 Å². The number of likely N-dealkylation sites (tertiary alicyclic amines) is 1. The smallest absolute Gasteiger partial charge is 0.321 e. The van der Waals surface area contributed by atoms with Crippen molar-refractivity contribution < 1.29 is 14.3 Å². The van der Waals surface area contributed by atoms with Crippen LogP contribution in [-0.2, 0) is 0 Å². The molecule has 1 saturated heterocycles. The Balaban J connectivity index is 1.15. The molecule has 2 aromatic carbocycles. The van der Waals surface area contributed by atoms with E-state index in [1.54, 1.807) is 22.8 Å². The van der Waals surface area contributed by atoms with Crippen molar-refractivity contribution in [1.29, 1.82) is 0 Å². The van der Waals surface area contributed by atoms with Crippen LogP contribution in [0.25, 0.3) is 16.9 Å². The second-order valence-electron chi connectivity index (χ2n) is 9.07. The topological polar surface area (TPSA) is 93.0 Å². The lowest BCUT2D eigenvalue weighted by molar-refractivity contribution is 0.174. The van der Waals surface area contributed by atoms with E-state index in [1.807, 2.05) is 41.3 Å². The predicted octanol–water partition coefficient (Wildman–Crippen LogP) is 5.90. The van der Waals surface area contributed by atoms with E-state index >= 15 is 0 Å². The number of carbonyl (C=O) groups excluding carboxylic acids is 1. The lowest BCUT2D eigenvalue weighted by atomic mass is 9.98. The van der Waals surface area contributed by atoms with Crippen molar-refractivity contribution in [2.24, 2.45) is 5.92 Å².